The maximum absolute atomic E-state index is 12.4. The molecule has 0 aliphatic heterocycles. The number of para-hydroxylation sites is 1. The summed E-state index contributed by atoms with van der Waals surface area (Å²) in [6, 6.07) is 16.0. The summed E-state index contributed by atoms with van der Waals surface area (Å²) in [6.07, 6.45) is 0.766. The maximum Gasteiger partial charge on any atom is 0.267 e. The number of hydrogen-bond acceptors (Lipinski definition) is 4. The predicted octanol–water partition coefficient (Wildman–Crippen LogP) is 3.38. The summed E-state index contributed by atoms with van der Waals surface area (Å²) in [5.74, 6) is -0.496. The summed E-state index contributed by atoms with van der Waals surface area (Å²) >= 11 is 0. The molecule has 2 N–H and O–H groups in total. The molecule has 0 unspecified atom stereocenters. The standard InChI is InChI=1S/C23H24N4O3/c1-4-17-9-10-18(13-21(17)24-16(3)28)20-11-12-23(30)27(26-20)14-22(29)25-19-8-6-5-7-15(19)2/h5-13H,4,14H2,1-3H3,(H,24,28)(H,25,29). The van der Waals surface area contributed by atoms with Gasteiger partial charge in [0.05, 0.1) is 5.69 Å². The first-order valence-electron chi connectivity index (χ1n) is 9.72. The zero-order valence-electron chi connectivity index (χ0n) is 17.2. The Balaban J connectivity index is 1.86. The van der Waals surface area contributed by atoms with Gasteiger partial charge in [0.25, 0.3) is 5.56 Å². The van der Waals surface area contributed by atoms with Gasteiger partial charge in [-0.3, -0.25) is 14.4 Å². The Bertz CT molecular complexity index is 1150. The van der Waals surface area contributed by atoms with Crippen molar-refractivity contribution in [2.24, 2.45) is 0 Å². The van der Waals surface area contributed by atoms with Crippen LogP contribution in [0.5, 0.6) is 0 Å². The molecule has 2 amide bonds. The van der Waals surface area contributed by atoms with Crippen molar-refractivity contribution in [1.82, 2.24) is 9.78 Å². The third kappa shape index (κ3) is 5.00. The molecular formula is C23H24N4O3. The van der Waals surface area contributed by atoms with Crippen LogP contribution in [0.2, 0.25) is 0 Å². The SMILES string of the molecule is CCc1ccc(-c2ccc(=O)n(CC(=O)Nc3ccccc3C)n2)cc1NC(C)=O. The van der Waals surface area contributed by atoms with Gasteiger partial charge in [-0.2, -0.15) is 5.10 Å². The molecule has 154 valence electrons. The topological polar surface area (TPSA) is 93.1 Å². The van der Waals surface area contributed by atoms with Crippen LogP contribution in [0.15, 0.2) is 59.4 Å². The molecule has 0 aliphatic carbocycles. The summed E-state index contributed by atoms with van der Waals surface area (Å²) in [5.41, 5.74) is 4.24. The second-order valence-electron chi connectivity index (χ2n) is 6.98. The van der Waals surface area contributed by atoms with Gasteiger partial charge in [0.1, 0.15) is 6.54 Å². The molecule has 0 bridgehead atoms. The van der Waals surface area contributed by atoms with Crippen LogP contribution in [0.25, 0.3) is 11.3 Å². The molecule has 0 aliphatic rings. The lowest BCUT2D eigenvalue weighted by atomic mass is 10.0. The van der Waals surface area contributed by atoms with Gasteiger partial charge < -0.3 is 10.6 Å². The molecule has 7 nitrogen and oxygen atoms in total. The quantitative estimate of drug-likeness (QED) is 0.659. The largest absolute Gasteiger partial charge is 0.326 e. The molecule has 1 aromatic heterocycles. The van der Waals surface area contributed by atoms with Crippen molar-refractivity contribution in [1.29, 1.82) is 0 Å². The van der Waals surface area contributed by atoms with Crippen molar-refractivity contribution in [3.63, 3.8) is 0 Å². The Morgan fingerprint density at radius 1 is 1.00 bits per heavy atom. The lowest BCUT2D eigenvalue weighted by Gasteiger charge is -2.12. The highest BCUT2D eigenvalue weighted by atomic mass is 16.2. The van der Waals surface area contributed by atoms with Crippen molar-refractivity contribution in [3.8, 4) is 11.3 Å². The molecule has 0 fully saturated rings. The third-order valence-electron chi connectivity index (χ3n) is 4.68. The van der Waals surface area contributed by atoms with Crippen LogP contribution < -0.4 is 16.2 Å². The Labute approximate surface area is 174 Å². The number of hydrogen-bond donors (Lipinski definition) is 2. The highest BCUT2D eigenvalue weighted by Gasteiger charge is 2.11. The van der Waals surface area contributed by atoms with Crippen molar-refractivity contribution in [2.45, 2.75) is 33.7 Å². The van der Waals surface area contributed by atoms with Crippen molar-refractivity contribution >= 4 is 23.2 Å². The highest BCUT2D eigenvalue weighted by molar-refractivity contribution is 5.91. The Morgan fingerprint density at radius 3 is 2.47 bits per heavy atom. The van der Waals surface area contributed by atoms with Gasteiger partial charge in [-0.1, -0.05) is 37.3 Å². The van der Waals surface area contributed by atoms with E-state index in [0.29, 0.717) is 17.1 Å². The normalized spacial score (nSPS) is 10.5. The van der Waals surface area contributed by atoms with Crippen molar-refractivity contribution in [2.75, 3.05) is 10.6 Å². The molecule has 0 spiro atoms. The molecule has 0 saturated heterocycles. The van der Waals surface area contributed by atoms with Crippen LogP contribution in [-0.4, -0.2) is 21.6 Å². The fourth-order valence-corrected chi connectivity index (χ4v) is 3.11. The van der Waals surface area contributed by atoms with E-state index in [9.17, 15) is 14.4 Å². The lowest BCUT2D eigenvalue weighted by molar-refractivity contribution is -0.117. The summed E-state index contributed by atoms with van der Waals surface area (Å²) in [5, 5.41) is 9.98. The van der Waals surface area contributed by atoms with Crippen LogP contribution >= 0.6 is 0 Å². The van der Waals surface area contributed by atoms with E-state index in [-0.39, 0.29) is 23.9 Å². The van der Waals surface area contributed by atoms with E-state index >= 15 is 0 Å². The van der Waals surface area contributed by atoms with E-state index in [0.717, 1.165) is 27.8 Å². The Kier molecular flexibility index (Phi) is 6.41. The Morgan fingerprint density at radius 2 is 1.77 bits per heavy atom. The number of benzene rings is 2. The van der Waals surface area contributed by atoms with E-state index in [2.05, 4.69) is 15.7 Å². The molecule has 0 saturated carbocycles. The van der Waals surface area contributed by atoms with Gasteiger partial charge in [-0.15, -0.1) is 0 Å². The summed E-state index contributed by atoms with van der Waals surface area (Å²) < 4.78 is 1.13. The van der Waals surface area contributed by atoms with Gasteiger partial charge in [0.2, 0.25) is 11.8 Å². The third-order valence-corrected chi connectivity index (χ3v) is 4.68. The number of amides is 2. The van der Waals surface area contributed by atoms with E-state index in [1.54, 1.807) is 12.1 Å². The minimum atomic E-state index is -0.369. The number of carbonyl (C=O) groups is 2. The monoisotopic (exact) mass is 404 g/mol. The first kappa shape index (κ1) is 21.0. The number of nitrogens with zero attached hydrogens (tertiary/aromatic N) is 2. The van der Waals surface area contributed by atoms with Gasteiger partial charge in [0.15, 0.2) is 0 Å². The lowest BCUT2D eigenvalue weighted by Crippen LogP contribution is -2.29. The maximum atomic E-state index is 12.4. The van der Waals surface area contributed by atoms with Crippen LogP contribution in [-0.2, 0) is 22.6 Å². The molecule has 7 heteroatoms. The molecule has 1 heterocycles. The molecule has 0 atom stereocenters. The molecule has 2 aromatic carbocycles. The van der Waals surface area contributed by atoms with Crippen molar-refractivity contribution < 1.29 is 9.59 Å². The summed E-state index contributed by atoms with van der Waals surface area (Å²) in [6.45, 7) is 5.16. The Hall–Kier alpha value is -3.74. The van der Waals surface area contributed by atoms with Crippen LogP contribution in [0.1, 0.15) is 25.0 Å². The smallest absolute Gasteiger partial charge is 0.267 e. The molecule has 0 radical (unpaired) electrons. The minimum Gasteiger partial charge on any atom is -0.326 e. The first-order chi connectivity index (χ1) is 14.4. The number of anilines is 2. The zero-order chi connectivity index (χ0) is 21.7. The highest BCUT2D eigenvalue weighted by Crippen LogP contribution is 2.24. The van der Waals surface area contributed by atoms with Gasteiger partial charge >= 0.3 is 0 Å². The van der Waals surface area contributed by atoms with E-state index in [1.807, 2.05) is 50.2 Å². The second-order valence-corrected chi connectivity index (χ2v) is 6.98. The summed E-state index contributed by atoms with van der Waals surface area (Å²) in [4.78, 5) is 36.2. The van der Waals surface area contributed by atoms with Crippen LogP contribution in [0.4, 0.5) is 11.4 Å². The van der Waals surface area contributed by atoms with Crippen molar-refractivity contribution in [3.05, 3.63) is 76.1 Å². The fraction of sp³-hybridized carbons (Fsp3) is 0.217. The number of carbonyl (C=O) groups excluding carboxylic acids is 2. The second kappa shape index (κ2) is 9.17. The average molecular weight is 404 g/mol. The van der Waals surface area contributed by atoms with Gasteiger partial charge in [0, 0.05) is 29.9 Å². The average Bonchev–Trinajstić information content (AvgIpc) is 2.71. The zero-order valence-corrected chi connectivity index (χ0v) is 17.2. The van der Waals surface area contributed by atoms with E-state index in [1.165, 1.54) is 13.0 Å². The number of aromatic nitrogens is 2. The van der Waals surface area contributed by atoms with Gasteiger partial charge in [-0.25, -0.2) is 4.68 Å². The number of nitrogens with one attached hydrogen (secondary N) is 2. The van der Waals surface area contributed by atoms with E-state index < -0.39 is 0 Å². The molecule has 3 aromatic rings. The van der Waals surface area contributed by atoms with Crippen LogP contribution in [0, 0.1) is 6.92 Å². The van der Waals surface area contributed by atoms with Crippen LogP contribution in [0.3, 0.4) is 0 Å². The number of rotatable bonds is 6. The minimum absolute atomic E-state index is 0.160. The van der Waals surface area contributed by atoms with Gasteiger partial charge in [-0.05, 0) is 42.7 Å². The fourth-order valence-electron chi connectivity index (χ4n) is 3.11. The first-order valence-corrected chi connectivity index (χ1v) is 9.72. The number of aryl methyl sites for hydroxylation is 2. The molecular weight excluding hydrogens is 380 g/mol. The molecule has 3 rings (SSSR count). The van der Waals surface area contributed by atoms with E-state index in [4.69, 9.17) is 0 Å². The predicted molar refractivity (Wildman–Crippen MR) is 117 cm³/mol. The molecule has 30 heavy (non-hydrogen) atoms. The summed E-state index contributed by atoms with van der Waals surface area (Å²) in [7, 11) is 0.